The highest BCUT2D eigenvalue weighted by atomic mass is 19.1. The minimum Gasteiger partial charge on any atom is -0.487 e. The Labute approximate surface area is 231 Å². The van der Waals surface area contributed by atoms with Crippen LogP contribution in [0.25, 0.3) is 11.1 Å². The maximum Gasteiger partial charge on any atom is 0.251 e. The molecule has 40 heavy (non-hydrogen) atoms. The summed E-state index contributed by atoms with van der Waals surface area (Å²) in [5, 5.41) is 5.69. The topological polar surface area (TPSA) is 105 Å². The van der Waals surface area contributed by atoms with E-state index in [1.165, 1.54) is 12.1 Å². The maximum atomic E-state index is 13.6. The average molecular weight is 543 g/mol. The van der Waals surface area contributed by atoms with E-state index in [1.54, 1.807) is 49.9 Å². The largest absolute Gasteiger partial charge is 0.487 e. The molecule has 8 nitrogen and oxygen atoms in total. The molecule has 0 aliphatic carbocycles. The van der Waals surface area contributed by atoms with E-state index in [2.05, 4.69) is 20.6 Å². The summed E-state index contributed by atoms with van der Waals surface area (Å²) >= 11 is 0. The maximum absolute atomic E-state index is 13.6. The molecule has 0 saturated heterocycles. The van der Waals surface area contributed by atoms with Crippen molar-refractivity contribution in [1.29, 1.82) is 0 Å². The fraction of sp³-hybridized carbons (Fsp3) is 0.258. The number of likely N-dealkylation sites (N-methyl/N-ethyl adjacent to an activating group) is 1. The van der Waals surface area contributed by atoms with Gasteiger partial charge >= 0.3 is 0 Å². The number of aromatic nitrogens is 2. The minimum absolute atomic E-state index is 0.181. The van der Waals surface area contributed by atoms with Gasteiger partial charge in [-0.1, -0.05) is 32.0 Å². The van der Waals surface area contributed by atoms with E-state index in [0.717, 1.165) is 11.3 Å². The number of hydrogen-bond donors (Lipinski definition) is 3. The van der Waals surface area contributed by atoms with Gasteiger partial charge in [0.05, 0.1) is 18.2 Å². The summed E-state index contributed by atoms with van der Waals surface area (Å²) < 4.78 is 25.9. The van der Waals surface area contributed by atoms with E-state index >= 15 is 0 Å². The number of fused-ring (bicyclic) bond motifs is 1. The van der Waals surface area contributed by atoms with Crippen LogP contribution in [-0.2, 0) is 11.4 Å². The molecular formula is C31H31FN4O4. The predicted octanol–water partition coefficient (Wildman–Crippen LogP) is 5.14. The van der Waals surface area contributed by atoms with Crippen molar-refractivity contribution in [2.24, 2.45) is 5.92 Å². The van der Waals surface area contributed by atoms with Gasteiger partial charge in [-0.25, -0.2) is 9.37 Å². The van der Waals surface area contributed by atoms with E-state index in [-0.39, 0.29) is 24.2 Å². The van der Waals surface area contributed by atoms with Crippen LogP contribution in [0.5, 0.6) is 11.5 Å². The van der Waals surface area contributed by atoms with Crippen molar-refractivity contribution in [2.45, 2.75) is 32.5 Å². The molecule has 5 rings (SSSR count). The Bertz CT molecular complexity index is 1500. The molecule has 1 aliphatic heterocycles. The third-order valence-corrected chi connectivity index (χ3v) is 6.79. The quantitative estimate of drug-likeness (QED) is 0.272. The number of amides is 2. The van der Waals surface area contributed by atoms with E-state index in [9.17, 15) is 14.0 Å². The number of carbonyl (C=O) groups is 2. The van der Waals surface area contributed by atoms with Crippen molar-refractivity contribution in [2.75, 3.05) is 13.6 Å². The molecule has 9 heteroatoms. The van der Waals surface area contributed by atoms with Crippen molar-refractivity contribution >= 4 is 11.8 Å². The van der Waals surface area contributed by atoms with E-state index < -0.39 is 12.0 Å². The zero-order valence-electron chi connectivity index (χ0n) is 22.5. The number of nitrogens with one attached hydrogen (secondary N) is 3. The Kier molecular flexibility index (Phi) is 7.82. The Hall–Kier alpha value is -4.66. The summed E-state index contributed by atoms with van der Waals surface area (Å²) in [6, 6.07) is 16.9. The molecule has 2 amide bonds. The summed E-state index contributed by atoms with van der Waals surface area (Å²) in [5.74, 6) is 0.0305. The molecule has 3 aromatic carbocycles. The van der Waals surface area contributed by atoms with E-state index in [1.807, 2.05) is 32.0 Å². The van der Waals surface area contributed by atoms with Crippen LogP contribution in [0.4, 0.5) is 4.39 Å². The number of aromatic amines is 1. The Morgan fingerprint density at radius 1 is 1.10 bits per heavy atom. The fourth-order valence-corrected chi connectivity index (χ4v) is 4.72. The van der Waals surface area contributed by atoms with Crippen LogP contribution < -0.4 is 20.1 Å². The highest BCUT2D eigenvalue weighted by molar-refractivity contribution is 5.96. The highest BCUT2D eigenvalue weighted by Gasteiger charge is 2.40. The fourth-order valence-electron chi connectivity index (χ4n) is 4.72. The van der Waals surface area contributed by atoms with Crippen LogP contribution in [0.15, 0.2) is 73.2 Å². The number of carbonyl (C=O) groups excluding carboxylic acids is 2. The lowest BCUT2D eigenvalue weighted by Crippen LogP contribution is -2.28. The van der Waals surface area contributed by atoms with Gasteiger partial charge in [0.1, 0.15) is 35.9 Å². The number of ether oxygens (including phenoxy) is 2. The first-order valence-corrected chi connectivity index (χ1v) is 13.1. The van der Waals surface area contributed by atoms with Crippen LogP contribution >= 0.6 is 0 Å². The summed E-state index contributed by atoms with van der Waals surface area (Å²) in [4.78, 5) is 33.1. The van der Waals surface area contributed by atoms with Crippen LogP contribution in [0.1, 0.15) is 53.0 Å². The van der Waals surface area contributed by atoms with Crippen molar-refractivity contribution in [3.63, 3.8) is 0 Å². The molecule has 2 heterocycles. The lowest BCUT2D eigenvalue weighted by atomic mass is 9.88. The number of benzene rings is 3. The van der Waals surface area contributed by atoms with Gasteiger partial charge in [-0.05, 0) is 59.5 Å². The molecule has 0 saturated carbocycles. The van der Waals surface area contributed by atoms with Crippen LogP contribution in [-0.4, -0.2) is 35.4 Å². The lowest BCUT2D eigenvalue weighted by molar-refractivity contribution is -0.123. The average Bonchev–Trinajstić information content (AvgIpc) is 3.62. The van der Waals surface area contributed by atoms with Crippen molar-refractivity contribution in [1.82, 2.24) is 20.6 Å². The molecule has 0 radical (unpaired) electrons. The smallest absolute Gasteiger partial charge is 0.251 e. The summed E-state index contributed by atoms with van der Waals surface area (Å²) in [5.41, 5.74) is 4.14. The van der Waals surface area contributed by atoms with Gasteiger partial charge in [0.2, 0.25) is 5.91 Å². The number of rotatable bonds is 9. The third kappa shape index (κ3) is 5.68. The molecule has 206 valence electrons. The Morgan fingerprint density at radius 2 is 1.90 bits per heavy atom. The predicted molar refractivity (Wildman–Crippen MR) is 149 cm³/mol. The van der Waals surface area contributed by atoms with Crippen molar-refractivity contribution in [3.8, 4) is 22.6 Å². The standard InChI is InChI=1S/C31H31FN4O4/c1-18(2)14-35-30(37)21-7-10-26(39-16-23-15-34-17-36-23)24(13-21)20-6-11-27-25(12-20)28(31(38)33-3)29(40-27)19-4-8-22(32)9-5-19/h4-13,15,17-18,28-29H,14,16H2,1-3H3,(H,33,38)(H,34,36)(H,35,37). The second kappa shape index (κ2) is 11.6. The Balaban J connectivity index is 1.54. The lowest BCUT2D eigenvalue weighted by Gasteiger charge is -2.18. The number of imidazole rings is 1. The van der Waals surface area contributed by atoms with Crippen LogP contribution in [0, 0.1) is 11.7 Å². The van der Waals surface area contributed by atoms with Gasteiger partial charge in [-0.15, -0.1) is 0 Å². The molecule has 2 atom stereocenters. The first-order valence-electron chi connectivity index (χ1n) is 13.1. The van der Waals surface area contributed by atoms with Gasteiger partial charge in [-0.3, -0.25) is 9.59 Å². The molecule has 0 bridgehead atoms. The van der Waals surface area contributed by atoms with E-state index in [0.29, 0.717) is 46.2 Å². The normalized spacial score (nSPS) is 15.8. The van der Waals surface area contributed by atoms with Gasteiger partial charge < -0.3 is 25.1 Å². The Morgan fingerprint density at radius 3 is 2.60 bits per heavy atom. The molecule has 3 N–H and O–H groups in total. The van der Waals surface area contributed by atoms with Crippen molar-refractivity contribution in [3.05, 3.63) is 101 Å². The zero-order valence-corrected chi connectivity index (χ0v) is 22.5. The number of hydrogen-bond acceptors (Lipinski definition) is 5. The monoisotopic (exact) mass is 542 g/mol. The second-order valence-electron chi connectivity index (χ2n) is 10.1. The number of nitrogens with zero attached hydrogens (tertiary/aromatic N) is 1. The summed E-state index contributed by atoms with van der Waals surface area (Å²) in [6.45, 7) is 4.88. The van der Waals surface area contributed by atoms with Crippen LogP contribution in [0.3, 0.4) is 0 Å². The molecule has 1 aliphatic rings. The zero-order chi connectivity index (χ0) is 28.2. The third-order valence-electron chi connectivity index (χ3n) is 6.79. The van der Waals surface area contributed by atoms with Crippen LogP contribution in [0.2, 0.25) is 0 Å². The molecule has 0 spiro atoms. The van der Waals surface area contributed by atoms with Gasteiger partial charge in [0.15, 0.2) is 0 Å². The first-order chi connectivity index (χ1) is 19.3. The first kappa shape index (κ1) is 26.9. The SMILES string of the molecule is CNC(=O)C1c2cc(-c3cc(C(=O)NCC(C)C)ccc3OCc3cnc[nH]3)ccc2OC1c1ccc(F)cc1. The highest BCUT2D eigenvalue weighted by Crippen LogP contribution is 2.48. The molecule has 0 fully saturated rings. The van der Waals surface area contributed by atoms with Gasteiger partial charge in [0.25, 0.3) is 5.91 Å². The van der Waals surface area contributed by atoms with Crippen molar-refractivity contribution < 1.29 is 23.5 Å². The minimum atomic E-state index is -0.655. The second-order valence-corrected chi connectivity index (χ2v) is 10.1. The number of halogens is 1. The van der Waals surface area contributed by atoms with Gasteiger partial charge in [0, 0.05) is 30.3 Å². The molecular weight excluding hydrogens is 511 g/mol. The molecule has 4 aromatic rings. The summed E-state index contributed by atoms with van der Waals surface area (Å²) in [6.07, 6.45) is 2.65. The van der Waals surface area contributed by atoms with E-state index in [4.69, 9.17) is 9.47 Å². The molecule has 1 aromatic heterocycles. The number of H-pyrrole nitrogens is 1. The van der Waals surface area contributed by atoms with Gasteiger partial charge in [-0.2, -0.15) is 0 Å². The summed E-state index contributed by atoms with van der Waals surface area (Å²) in [7, 11) is 1.58. The molecule has 2 unspecified atom stereocenters.